The highest BCUT2D eigenvalue weighted by molar-refractivity contribution is 5.82. The van der Waals surface area contributed by atoms with Gasteiger partial charge in [0, 0.05) is 37.8 Å². The molecule has 1 aromatic heterocycles. The summed E-state index contributed by atoms with van der Waals surface area (Å²) in [4.78, 5) is 17.9. The smallest absolute Gasteiger partial charge is 0.325 e. The number of nitrogens with zero attached hydrogens (tertiary/aromatic N) is 2. The number of piperazine rings is 1. The van der Waals surface area contributed by atoms with Gasteiger partial charge in [-0.25, -0.2) is 0 Å². The van der Waals surface area contributed by atoms with Gasteiger partial charge in [0.05, 0.1) is 5.52 Å². The predicted octanol–water partition coefficient (Wildman–Crippen LogP) is 1.27. The van der Waals surface area contributed by atoms with Crippen molar-refractivity contribution < 1.29 is 9.90 Å². The van der Waals surface area contributed by atoms with Gasteiger partial charge in [0.2, 0.25) is 0 Å². The lowest BCUT2D eigenvalue weighted by Gasteiger charge is -2.32. The number of nitrogens with one attached hydrogen (secondary N) is 1. The first kappa shape index (κ1) is 13.0. The maximum absolute atomic E-state index is 11.7. The first-order chi connectivity index (χ1) is 9.75. The van der Waals surface area contributed by atoms with Crippen molar-refractivity contribution in [3.05, 3.63) is 42.1 Å². The van der Waals surface area contributed by atoms with E-state index in [-0.39, 0.29) is 0 Å². The molecule has 0 saturated carbocycles. The SMILES string of the molecule is O=C(O)C(c1ccc2ncccc2c1)N1CCNCC1. The van der Waals surface area contributed by atoms with E-state index in [4.69, 9.17) is 0 Å². The van der Waals surface area contributed by atoms with E-state index < -0.39 is 12.0 Å². The van der Waals surface area contributed by atoms with Gasteiger partial charge in [-0.3, -0.25) is 14.7 Å². The molecule has 0 spiro atoms. The number of hydrogen-bond acceptors (Lipinski definition) is 4. The minimum atomic E-state index is -0.796. The highest BCUT2D eigenvalue weighted by atomic mass is 16.4. The summed E-state index contributed by atoms with van der Waals surface area (Å²) in [5.74, 6) is -0.796. The highest BCUT2D eigenvalue weighted by Gasteiger charge is 2.28. The van der Waals surface area contributed by atoms with Crippen LogP contribution in [0.5, 0.6) is 0 Å². The summed E-state index contributed by atoms with van der Waals surface area (Å²) < 4.78 is 0. The summed E-state index contributed by atoms with van der Waals surface area (Å²) in [6.07, 6.45) is 1.74. The van der Waals surface area contributed by atoms with Crippen molar-refractivity contribution in [3.63, 3.8) is 0 Å². The van der Waals surface area contributed by atoms with Crippen molar-refractivity contribution in [2.75, 3.05) is 26.2 Å². The normalized spacial score (nSPS) is 18.0. The third-order valence-electron chi connectivity index (χ3n) is 3.69. The Morgan fingerprint density at radius 2 is 2.10 bits per heavy atom. The quantitative estimate of drug-likeness (QED) is 0.880. The molecule has 5 nitrogen and oxygen atoms in total. The lowest BCUT2D eigenvalue weighted by atomic mass is 10.0. The van der Waals surface area contributed by atoms with Crippen LogP contribution in [-0.4, -0.2) is 47.1 Å². The van der Waals surface area contributed by atoms with Gasteiger partial charge in [-0.05, 0) is 23.8 Å². The fourth-order valence-electron chi connectivity index (χ4n) is 2.71. The number of hydrogen-bond donors (Lipinski definition) is 2. The van der Waals surface area contributed by atoms with Crippen molar-refractivity contribution in [2.45, 2.75) is 6.04 Å². The molecule has 1 atom stereocenters. The Morgan fingerprint density at radius 1 is 1.30 bits per heavy atom. The Kier molecular flexibility index (Phi) is 3.62. The van der Waals surface area contributed by atoms with Crippen molar-refractivity contribution in [3.8, 4) is 0 Å². The predicted molar refractivity (Wildman–Crippen MR) is 76.6 cm³/mol. The molecule has 0 aliphatic carbocycles. The lowest BCUT2D eigenvalue weighted by molar-refractivity contribution is -0.143. The molecule has 3 rings (SSSR count). The van der Waals surface area contributed by atoms with Crippen LogP contribution in [0.2, 0.25) is 0 Å². The van der Waals surface area contributed by atoms with Crippen molar-refractivity contribution in [1.29, 1.82) is 0 Å². The molecule has 1 aliphatic heterocycles. The second-order valence-electron chi connectivity index (χ2n) is 4.98. The summed E-state index contributed by atoms with van der Waals surface area (Å²) >= 11 is 0. The van der Waals surface area contributed by atoms with E-state index in [1.54, 1.807) is 6.20 Å². The molecule has 2 aromatic rings. The standard InChI is InChI=1S/C15H17N3O2/c19-15(20)14(18-8-6-16-7-9-18)12-3-4-13-11(10-12)2-1-5-17-13/h1-5,10,14,16H,6-9H2,(H,19,20). The largest absolute Gasteiger partial charge is 0.480 e. The summed E-state index contributed by atoms with van der Waals surface area (Å²) in [6, 6.07) is 8.94. The van der Waals surface area contributed by atoms with Crippen LogP contribution in [0.1, 0.15) is 11.6 Å². The number of aliphatic carboxylic acids is 1. The number of aromatic nitrogens is 1. The van der Waals surface area contributed by atoms with Crippen LogP contribution in [0.25, 0.3) is 10.9 Å². The first-order valence-electron chi connectivity index (χ1n) is 6.78. The van der Waals surface area contributed by atoms with Crippen LogP contribution >= 0.6 is 0 Å². The van der Waals surface area contributed by atoms with Gasteiger partial charge in [0.15, 0.2) is 0 Å². The van der Waals surface area contributed by atoms with Crippen molar-refractivity contribution in [1.82, 2.24) is 15.2 Å². The Bertz CT molecular complexity index is 623. The molecule has 1 aromatic carbocycles. The Balaban J connectivity index is 1.98. The van der Waals surface area contributed by atoms with Crippen LogP contribution < -0.4 is 5.32 Å². The molecule has 5 heteroatoms. The zero-order valence-corrected chi connectivity index (χ0v) is 11.1. The first-order valence-corrected chi connectivity index (χ1v) is 6.78. The van der Waals surface area contributed by atoms with Crippen LogP contribution in [-0.2, 0) is 4.79 Å². The van der Waals surface area contributed by atoms with Gasteiger partial charge in [-0.1, -0.05) is 12.1 Å². The summed E-state index contributed by atoms with van der Waals surface area (Å²) in [7, 11) is 0. The summed E-state index contributed by atoms with van der Waals surface area (Å²) in [5, 5.41) is 13.8. The van der Waals surface area contributed by atoms with E-state index in [0.29, 0.717) is 0 Å². The van der Waals surface area contributed by atoms with Crippen molar-refractivity contribution in [2.24, 2.45) is 0 Å². The second-order valence-corrected chi connectivity index (χ2v) is 4.98. The summed E-state index contributed by atoms with van der Waals surface area (Å²) in [6.45, 7) is 3.17. The van der Waals surface area contributed by atoms with Gasteiger partial charge in [0.1, 0.15) is 6.04 Å². The fraction of sp³-hybridized carbons (Fsp3) is 0.333. The zero-order chi connectivity index (χ0) is 13.9. The van der Waals surface area contributed by atoms with Gasteiger partial charge in [-0.15, -0.1) is 0 Å². The molecule has 0 amide bonds. The molecular weight excluding hydrogens is 254 g/mol. The maximum Gasteiger partial charge on any atom is 0.325 e. The molecule has 2 N–H and O–H groups in total. The number of rotatable bonds is 3. The Hall–Kier alpha value is -1.98. The molecule has 0 bridgehead atoms. The monoisotopic (exact) mass is 271 g/mol. The lowest BCUT2D eigenvalue weighted by Crippen LogP contribution is -2.47. The van der Waals surface area contributed by atoms with Gasteiger partial charge in [0.25, 0.3) is 0 Å². The molecule has 2 heterocycles. The number of carboxylic acid groups (broad SMARTS) is 1. The Morgan fingerprint density at radius 3 is 2.85 bits per heavy atom. The Labute approximate surface area is 117 Å². The molecule has 1 saturated heterocycles. The summed E-state index contributed by atoms with van der Waals surface area (Å²) in [5.41, 5.74) is 1.71. The third-order valence-corrected chi connectivity index (χ3v) is 3.69. The number of pyridine rings is 1. The number of carbonyl (C=O) groups is 1. The van der Waals surface area contributed by atoms with Gasteiger partial charge >= 0.3 is 5.97 Å². The number of benzene rings is 1. The topological polar surface area (TPSA) is 65.5 Å². The zero-order valence-electron chi connectivity index (χ0n) is 11.1. The van der Waals surface area contributed by atoms with E-state index in [2.05, 4.69) is 10.3 Å². The molecule has 0 radical (unpaired) electrons. The molecule has 1 aliphatic rings. The number of fused-ring (bicyclic) bond motifs is 1. The molecule has 1 fully saturated rings. The van der Waals surface area contributed by atoms with Crippen LogP contribution in [0.3, 0.4) is 0 Å². The van der Waals surface area contributed by atoms with Crippen LogP contribution in [0.15, 0.2) is 36.5 Å². The van der Waals surface area contributed by atoms with Gasteiger partial charge < -0.3 is 10.4 Å². The average molecular weight is 271 g/mol. The molecule has 104 valence electrons. The van der Waals surface area contributed by atoms with E-state index in [1.165, 1.54) is 0 Å². The van der Waals surface area contributed by atoms with E-state index in [0.717, 1.165) is 42.6 Å². The minimum absolute atomic E-state index is 0.582. The fourth-order valence-corrected chi connectivity index (χ4v) is 2.71. The molecule has 20 heavy (non-hydrogen) atoms. The number of carboxylic acids is 1. The highest BCUT2D eigenvalue weighted by Crippen LogP contribution is 2.24. The minimum Gasteiger partial charge on any atom is -0.480 e. The third kappa shape index (κ3) is 2.50. The van der Waals surface area contributed by atoms with Crippen LogP contribution in [0, 0.1) is 0 Å². The molecular formula is C15H17N3O2. The van der Waals surface area contributed by atoms with Crippen molar-refractivity contribution >= 4 is 16.9 Å². The van der Waals surface area contributed by atoms with E-state index in [1.807, 2.05) is 35.2 Å². The van der Waals surface area contributed by atoms with Gasteiger partial charge in [-0.2, -0.15) is 0 Å². The van der Waals surface area contributed by atoms with Crippen LogP contribution in [0.4, 0.5) is 0 Å². The second kappa shape index (κ2) is 5.56. The maximum atomic E-state index is 11.7. The van der Waals surface area contributed by atoms with E-state index in [9.17, 15) is 9.90 Å². The molecule has 1 unspecified atom stereocenters. The van der Waals surface area contributed by atoms with E-state index >= 15 is 0 Å². The average Bonchev–Trinajstić information content (AvgIpc) is 2.48.